The summed E-state index contributed by atoms with van der Waals surface area (Å²) in [4.78, 5) is 35.2. The number of nitro groups is 1. The number of hydrogen-bond donors (Lipinski definition) is 1. The van der Waals surface area contributed by atoms with Gasteiger partial charge in [0.05, 0.1) is 18.2 Å². The number of rotatable bonds is 7. The van der Waals surface area contributed by atoms with Gasteiger partial charge in [-0.15, -0.1) is 11.3 Å². The zero-order valence-electron chi connectivity index (χ0n) is 14.5. The molecule has 0 saturated carbocycles. The van der Waals surface area contributed by atoms with E-state index >= 15 is 0 Å². The van der Waals surface area contributed by atoms with Gasteiger partial charge in [-0.1, -0.05) is 6.92 Å². The average Bonchev–Trinajstić information content (AvgIpc) is 3.17. The second-order valence-corrected chi connectivity index (χ2v) is 6.40. The van der Waals surface area contributed by atoms with Crippen LogP contribution in [0.15, 0.2) is 22.6 Å². The molecule has 2 aromatic rings. The van der Waals surface area contributed by atoms with Crippen LogP contribution in [0.5, 0.6) is 0 Å². The molecule has 1 N–H and O–H groups in total. The lowest BCUT2D eigenvalue weighted by Gasteiger charge is -2.06. The van der Waals surface area contributed by atoms with Gasteiger partial charge in [0.15, 0.2) is 0 Å². The van der Waals surface area contributed by atoms with Crippen molar-refractivity contribution in [2.75, 3.05) is 11.9 Å². The molecule has 0 aliphatic rings. The Morgan fingerprint density at radius 2 is 2.12 bits per heavy atom. The van der Waals surface area contributed by atoms with Gasteiger partial charge in [-0.05, 0) is 38.0 Å². The Morgan fingerprint density at radius 3 is 2.69 bits per heavy atom. The molecule has 9 heteroatoms. The minimum atomic E-state index is -0.663. The Labute approximate surface area is 153 Å². The molecule has 2 rings (SSSR count). The lowest BCUT2D eigenvalue weighted by molar-refractivity contribution is -0.402. The molecule has 2 heterocycles. The number of hydrogen-bond acceptors (Lipinski definition) is 7. The molecule has 0 saturated heterocycles. The number of nitrogens with zero attached hydrogens (tertiary/aromatic N) is 1. The molecule has 1 amide bonds. The fourth-order valence-electron chi connectivity index (χ4n) is 2.35. The second-order valence-electron chi connectivity index (χ2n) is 5.17. The van der Waals surface area contributed by atoms with Crippen LogP contribution in [0, 0.1) is 17.0 Å². The van der Waals surface area contributed by atoms with E-state index in [0.717, 1.165) is 10.4 Å². The van der Waals surface area contributed by atoms with Gasteiger partial charge in [-0.2, -0.15) is 0 Å². The Kier molecular flexibility index (Phi) is 6.29. The van der Waals surface area contributed by atoms with Crippen LogP contribution in [-0.4, -0.2) is 23.4 Å². The van der Waals surface area contributed by atoms with Gasteiger partial charge in [0.1, 0.15) is 15.7 Å². The smallest absolute Gasteiger partial charge is 0.433 e. The standard InChI is InChI=1S/C17H18N2O6S/c1-4-12-10(3)26-16(15(12)17(21)24-5-2)18-13(20)8-6-11-7-9-14(25-11)19(22)23/h6-9H,4-5H2,1-3H3,(H,18,20)/b8-6-. The molecule has 0 aliphatic carbocycles. The number of ether oxygens (including phenoxy) is 1. The maximum absolute atomic E-state index is 12.2. The highest BCUT2D eigenvalue weighted by Gasteiger charge is 2.23. The van der Waals surface area contributed by atoms with Gasteiger partial charge >= 0.3 is 11.9 Å². The zero-order valence-corrected chi connectivity index (χ0v) is 15.3. The summed E-state index contributed by atoms with van der Waals surface area (Å²) in [5.74, 6) is -1.20. The van der Waals surface area contributed by atoms with Crippen molar-refractivity contribution in [1.29, 1.82) is 0 Å². The van der Waals surface area contributed by atoms with E-state index in [-0.39, 0.29) is 12.4 Å². The van der Waals surface area contributed by atoms with Crippen molar-refractivity contribution in [3.63, 3.8) is 0 Å². The van der Waals surface area contributed by atoms with Gasteiger partial charge in [0.2, 0.25) is 5.91 Å². The van der Waals surface area contributed by atoms with Crippen LogP contribution >= 0.6 is 11.3 Å². The molecule has 0 atom stereocenters. The number of carbonyl (C=O) groups excluding carboxylic acids is 2. The van der Waals surface area contributed by atoms with Crippen LogP contribution in [0.4, 0.5) is 10.9 Å². The third kappa shape index (κ3) is 4.37. The average molecular weight is 378 g/mol. The van der Waals surface area contributed by atoms with E-state index < -0.39 is 22.7 Å². The van der Waals surface area contributed by atoms with Crippen molar-refractivity contribution in [3.8, 4) is 0 Å². The number of anilines is 1. The summed E-state index contributed by atoms with van der Waals surface area (Å²) < 4.78 is 10.0. The summed E-state index contributed by atoms with van der Waals surface area (Å²) >= 11 is 1.30. The Hall–Kier alpha value is -2.94. The Bertz CT molecular complexity index is 865. The van der Waals surface area contributed by atoms with Crippen molar-refractivity contribution in [1.82, 2.24) is 0 Å². The molecule has 0 unspecified atom stereocenters. The Morgan fingerprint density at radius 1 is 1.38 bits per heavy atom. The summed E-state index contributed by atoms with van der Waals surface area (Å²) in [6.07, 6.45) is 3.13. The molecule has 26 heavy (non-hydrogen) atoms. The molecule has 0 fully saturated rings. The Balaban J connectivity index is 2.18. The minimum absolute atomic E-state index is 0.175. The summed E-state index contributed by atoms with van der Waals surface area (Å²) in [6, 6.07) is 2.59. The van der Waals surface area contributed by atoms with E-state index in [1.807, 2.05) is 13.8 Å². The fourth-order valence-corrected chi connectivity index (χ4v) is 3.49. The molecule has 8 nitrogen and oxygen atoms in total. The van der Waals surface area contributed by atoms with Gasteiger partial charge < -0.3 is 14.5 Å². The van der Waals surface area contributed by atoms with E-state index in [1.165, 1.54) is 35.6 Å². The van der Waals surface area contributed by atoms with E-state index in [0.29, 0.717) is 17.0 Å². The van der Waals surface area contributed by atoms with E-state index in [1.54, 1.807) is 6.92 Å². The SMILES string of the molecule is CCOC(=O)c1c(NC(=O)/C=C\c2ccc([N+](=O)[O-])o2)sc(C)c1CC. The summed E-state index contributed by atoms with van der Waals surface area (Å²) in [5, 5.41) is 13.7. The highest BCUT2D eigenvalue weighted by molar-refractivity contribution is 7.16. The maximum atomic E-state index is 12.2. The van der Waals surface area contributed by atoms with Crippen LogP contribution < -0.4 is 5.32 Å². The largest absolute Gasteiger partial charge is 0.462 e. The van der Waals surface area contributed by atoms with Crippen molar-refractivity contribution >= 4 is 40.2 Å². The quantitative estimate of drug-likeness (QED) is 0.338. The normalized spacial score (nSPS) is 10.9. The van der Waals surface area contributed by atoms with Gasteiger partial charge in [0, 0.05) is 11.0 Å². The van der Waals surface area contributed by atoms with Crippen LogP contribution in [0.1, 0.15) is 40.4 Å². The lowest BCUT2D eigenvalue weighted by Crippen LogP contribution is -2.13. The predicted molar refractivity (Wildman–Crippen MR) is 97.4 cm³/mol. The van der Waals surface area contributed by atoms with Crippen molar-refractivity contribution < 1.29 is 23.7 Å². The molecular formula is C17H18N2O6S. The molecule has 0 bridgehead atoms. The number of thiophene rings is 1. The summed E-state index contributed by atoms with van der Waals surface area (Å²) in [6.45, 7) is 5.75. The monoisotopic (exact) mass is 378 g/mol. The third-order valence-electron chi connectivity index (χ3n) is 3.47. The number of aryl methyl sites for hydroxylation is 1. The van der Waals surface area contributed by atoms with Crippen LogP contribution in [-0.2, 0) is 16.0 Å². The van der Waals surface area contributed by atoms with E-state index in [9.17, 15) is 19.7 Å². The van der Waals surface area contributed by atoms with Crippen LogP contribution in [0.2, 0.25) is 0 Å². The summed E-state index contributed by atoms with van der Waals surface area (Å²) in [5.41, 5.74) is 1.21. The van der Waals surface area contributed by atoms with Crippen molar-refractivity contribution in [2.45, 2.75) is 27.2 Å². The fraction of sp³-hybridized carbons (Fsp3) is 0.294. The first kappa shape index (κ1) is 19.4. The first-order valence-electron chi connectivity index (χ1n) is 7.90. The van der Waals surface area contributed by atoms with Crippen molar-refractivity contribution in [2.24, 2.45) is 0 Å². The molecule has 0 spiro atoms. The minimum Gasteiger partial charge on any atom is -0.462 e. The van der Waals surface area contributed by atoms with Gasteiger partial charge in [-0.3, -0.25) is 14.9 Å². The molecule has 2 aromatic heterocycles. The van der Waals surface area contributed by atoms with Crippen molar-refractivity contribution in [3.05, 3.63) is 50.1 Å². The number of esters is 1. The number of carbonyl (C=O) groups is 2. The van der Waals surface area contributed by atoms with Gasteiger partial charge in [-0.25, -0.2) is 4.79 Å². The van der Waals surface area contributed by atoms with E-state index in [4.69, 9.17) is 9.15 Å². The highest BCUT2D eigenvalue weighted by Crippen LogP contribution is 2.34. The highest BCUT2D eigenvalue weighted by atomic mass is 32.1. The topological polar surface area (TPSA) is 112 Å². The predicted octanol–water partition coefficient (Wildman–Crippen LogP) is 3.95. The first-order chi connectivity index (χ1) is 12.4. The number of amides is 1. The number of nitrogens with one attached hydrogen (secondary N) is 1. The van der Waals surface area contributed by atoms with Crippen LogP contribution in [0.3, 0.4) is 0 Å². The summed E-state index contributed by atoms with van der Waals surface area (Å²) in [7, 11) is 0. The number of furan rings is 1. The van der Waals surface area contributed by atoms with Gasteiger partial charge in [0.25, 0.3) is 0 Å². The van der Waals surface area contributed by atoms with Crippen LogP contribution in [0.25, 0.3) is 6.08 Å². The zero-order chi connectivity index (χ0) is 19.3. The maximum Gasteiger partial charge on any atom is 0.433 e. The molecular weight excluding hydrogens is 360 g/mol. The molecule has 0 aliphatic heterocycles. The third-order valence-corrected chi connectivity index (χ3v) is 4.53. The molecule has 0 aromatic carbocycles. The van der Waals surface area contributed by atoms with E-state index in [2.05, 4.69) is 5.32 Å². The second kappa shape index (κ2) is 8.43. The first-order valence-corrected chi connectivity index (χ1v) is 8.71. The molecule has 0 radical (unpaired) electrons. The lowest BCUT2D eigenvalue weighted by atomic mass is 10.1. The molecule has 138 valence electrons.